The van der Waals surface area contributed by atoms with Gasteiger partial charge in [-0.05, 0) is 25.1 Å². The Balaban J connectivity index is 3.07. The second-order valence-electron chi connectivity index (χ2n) is 3.39. The number of alkyl halides is 3. The topological polar surface area (TPSA) is 26.3 Å². The van der Waals surface area contributed by atoms with E-state index < -0.39 is 6.43 Å². The third-order valence-corrected chi connectivity index (χ3v) is 2.53. The van der Waals surface area contributed by atoms with Crippen molar-refractivity contribution in [2.75, 3.05) is 11.9 Å². The predicted molar refractivity (Wildman–Crippen MR) is 65.3 cm³/mol. The zero-order valence-electron chi connectivity index (χ0n) is 9.38. The summed E-state index contributed by atoms with van der Waals surface area (Å²) in [6, 6.07) is 3.98. The molecule has 2 nitrogen and oxygen atoms in total. The molecular weight excluding hydrogens is 294 g/mol. The van der Waals surface area contributed by atoms with Crippen molar-refractivity contribution < 1.29 is 18.3 Å². The van der Waals surface area contributed by atoms with Crippen LogP contribution in [0.4, 0.5) is 8.78 Å². The molecule has 5 heteroatoms. The maximum Gasteiger partial charge on any atom is 0.264 e. The number of hydrogen-bond donors (Lipinski definition) is 0. The maximum absolute atomic E-state index is 12.6. The van der Waals surface area contributed by atoms with E-state index in [2.05, 4.69) is 15.9 Å². The average molecular weight is 307 g/mol. The van der Waals surface area contributed by atoms with Crippen LogP contribution in [0.1, 0.15) is 35.7 Å². The van der Waals surface area contributed by atoms with E-state index >= 15 is 0 Å². The molecule has 0 bridgehead atoms. The first kappa shape index (κ1) is 14.1. The van der Waals surface area contributed by atoms with Crippen molar-refractivity contribution in [3.63, 3.8) is 0 Å². The van der Waals surface area contributed by atoms with Crippen LogP contribution < -0.4 is 4.74 Å². The summed E-state index contributed by atoms with van der Waals surface area (Å²) in [4.78, 5) is 11.6. The monoisotopic (exact) mass is 306 g/mol. The number of ether oxygens (including phenoxy) is 1. The van der Waals surface area contributed by atoms with Crippen molar-refractivity contribution >= 4 is 21.7 Å². The summed E-state index contributed by atoms with van der Waals surface area (Å²) < 4.78 is 30.4. The number of Topliss-reactive ketones (excluding diaryl/α,β-unsaturated/α-hetero) is 1. The molecule has 0 aliphatic heterocycles. The molecule has 1 aromatic carbocycles. The molecular formula is C12H13BrF2O2. The van der Waals surface area contributed by atoms with Gasteiger partial charge in [-0.3, -0.25) is 4.79 Å². The van der Waals surface area contributed by atoms with E-state index in [0.717, 1.165) is 0 Å². The number of ketones is 1. The van der Waals surface area contributed by atoms with E-state index in [1.54, 1.807) is 6.92 Å². The third-order valence-electron chi connectivity index (χ3n) is 2.14. The Labute approximate surface area is 107 Å². The lowest BCUT2D eigenvalue weighted by molar-refractivity contribution is 0.0988. The van der Waals surface area contributed by atoms with E-state index in [-0.39, 0.29) is 23.3 Å². The summed E-state index contributed by atoms with van der Waals surface area (Å²) >= 11 is 3.14. The van der Waals surface area contributed by atoms with Crippen LogP contribution in [0, 0.1) is 0 Å². The van der Waals surface area contributed by atoms with Crippen molar-refractivity contribution in [3.8, 4) is 5.75 Å². The van der Waals surface area contributed by atoms with Gasteiger partial charge in [0, 0.05) is 22.9 Å². The van der Waals surface area contributed by atoms with Gasteiger partial charge in [0.05, 0.1) is 6.61 Å². The minimum Gasteiger partial charge on any atom is -0.494 e. The van der Waals surface area contributed by atoms with Gasteiger partial charge in [0.2, 0.25) is 0 Å². The van der Waals surface area contributed by atoms with Crippen molar-refractivity contribution in [1.29, 1.82) is 0 Å². The van der Waals surface area contributed by atoms with Crippen LogP contribution in [0.3, 0.4) is 0 Å². The molecule has 0 N–H and O–H groups in total. The highest BCUT2D eigenvalue weighted by molar-refractivity contribution is 9.09. The lowest BCUT2D eigenvalue weighted by atomic mass is 10.1. The highest BCUT2D eigenvalue weighted by Crippen LogP contribution is 2.26. The van der Waals surface area contributed by atoms with Crippen molar-refractivity contribution in [2.45, 2.75) is 19.8 Å². The highest BCUT2D eigenvalue weighted by Gasteiger charge is 2.14. The first-order valence-electron chi connectivity index (χ1n) is 5.23. The highest BCUT2D eigenvalue weighted by atomic mass is 79.9. The molecule has 0 aliphatic rings. The van der Waals surface area contributed by atoms with Crippen LogP contribution in [0.15, 0.2) is 18.2 Å². The molecule has 0 aromatic heterocycles. The molecule has 0 heterocycles. The number of hydrogen-bond acceptors (Lipinski definition) is 2. The summed E-state index contributed by atoms with van der Waals surface area (Å²) in [7, 11) is 0. The van der Waals surface area contributed by atoms with Gasteiger partial charge in [-0.2, -0.15) is 0 Å². The standard InChI is InChI=1S/C12H13BrF2O2/c1-2-17-10-6-8(11(16)3-4-13)5-9(7-10)12(14)15/h5-7,12H,2-4H2,1H3. The molecule has 0 atom stereocenters. The molecule has 0 radical (unpaired) electrons. The second-order valence-corrected chi connectivity index (χ2v) is 4.18. The van der Waals surface area contributed by atoms with Gasteiger partial charge in [-0.25, -0.2) is 8.78 Å². The number of carbonyl (C=O) groups excluding carboxylic acids is 1. The molecule has 0 saturated carbocycles. The molecule has 0 saturated heterocycles. The van der Waals surface area contributed by atoms with Crippen LogP contribution in [0.2, 0.25) is 0 Å². The summed E-state index contributed by atoms with van der Waals surface area (Å²) in [6.07, 6.45) is -2.33. The minimum absolute atomic E-state index is 0.176. The van der Waals surface area contributed by atoms with E-state index in [4.69, 9.17) is 4.74 Å². The third kappa shape index (κ3) is 4.07. The summed E-state index contributed by atoms with van der Waals surface area (Å²) in [5.41, 5.74) is 0.0829. The molecule has 0 unspecified atom stereocenters. The van der Waals surface area contributed by atoms with Gasteiger partial charge in [0.25, 0.3) is 6.43 Å². The Morgan fingerprint density at radius 2 is 2.12 bits per heavy atom. The van der Waals surface area contributed by atoms with Crippen molar-refractivity contribution in [3.05, 3.63) is 29.3 Å². The van der Waals surface area contributed by atoms with Crippen LogP contribution >= 0.6 is 15.9 Å². The van der Waals surface area contributed by atoms with Gasteiger partial charge in [0.1, 0.15) is 5.75 Å². The lowest BCUT2D eigenvalue weighted by Crippen LogP contribution is -2.03. The normalized spacial score (nSPS) is 10.6. The largest absolute Gasteiger partial charge is 0.494 e. The summed E-state index contributed by atoms with van der Waals surface area (Å²) in [5.74, 6) is 0.133. The van der Waals surface area contributed by atoms with Crippen LogP contribution in [-0.2, 0) is 0 Å². The number of halogens is 3. The number of rotatable bonds is 6. The molecule has 0 spiro atoms. The molecule has 0 fully saturated rings. The first-order valence-corrected chi connectivity index (χ1v) is 6.35. The van der Waals surface area contributed by atoms with Gasteiger partial charge < -0.3 is 4.74 Å². The van der Waals surface area contributed by atoms with Gasteiger partial charge >= 0.3 is 0 Å². The average Bonchev–Trinajstić information content (AvgIpc) is 2.29. The zero-order chi connectivity index (χ0) is 12.8. The fourth-order valence-corrected chi connectivity index (χ4v) is 1.75. The SMILES string of the molecule is CCOc1cc(C(=O)CCBr)cc(C(F)F)c1. The smallest absolute Gasteiger partial charge is 0.264 e. The summed E-state index contributed by atoms with van der Waals surface area (Å²) in [6.45, 7) is 2.13. The minimum atomic E-state index is -2.61. The fourth-order valence-electron chi connectivity index (χ4n) is 1.39. The number of benzene rings is 1. The lowest BCUT2D eigenvalue weighted by Gasteiger charge is -2.09. The second kappa shape index (κ2) is 6.69. The van der Waals surface area contributed by atoms with Crippen LogP contribution in [-0.4, -0.2) is 17.7 Å². The van der Waals surface area contributed by atoms with Gasteiger partial charge in [0.15, 0.2) is 5.78 Å². The fraction of sp³-hybridized carbons (Fsp3) is 0.417. The Bertz CT molecular complexity index is 394. The van der Waals surface area contributed by atoms with E-state index in [1.807, 2.05) is 0 Å². The van der Waals surface area contributed by atoms with E-state index in [0.29, 0.717) is 17.7 Å². The van der Waals surface area contributed by atoms with Crippen LogP contribution in [0.5, 0.6) is 5.75 Å². The van der Waals surface area contributed by atoms with Gasteiger partial charge in [-0.15, -0.1) is 0 Å². The first-order chi connectivity index (χ1) is 8.08. The zero-order valence-corrected chi connectivity index (χ0v) is 11.0. The molecule has 0 amide bonds. The van der Waals surface area contributed by atoms with Crippen LogP contribution in [0.25, 0.3) is 0 Å². The van der Waals surface area contributed by atoms with E-state index in [9.17, 15) is 13.6 Å². The Morgan fingerprint density at radius 3 is 2.65 bits per heavy atom. The Morgan fingerprint density at radius 1 is 1.41 bits per heavy atom. The summed E-state index contributed by atoms with van der Waals surface area (Å²) in [5, 5.41) is 0.509. The molecule has 1 rings (SSSR count). The molecule has 1 aromatic rings. The Kier molecular flexibility index (Phi) is 5.55. The molecule has 94 valence electrons. The van der Waals surface area contributed by atoms with Gasteiger partial charge in [-0.1, -0.05) is 15.9 Å². The van der Waals surface area contributed by atoms with Crippen molar-refractivity contribution in [1.82, 2.24) is 0 Å². The quantitative estimate of drug-likeness (QED) is 0.587. The molecule has 0 aliphatic carbocycles. The molecule has 17 heavy (non-hydrogen) atoms. The predicted octanol–water partition coefficient (Wildman–Crippen LogP) is 3.99. The number of carbonyl (C=O) groups is 1. The Hall–Kier alpha value is -0.970. The van der Waals surface area contributed by atoms with Crippen molar-refractivity contribution in [2.24, 2.45) is 0 Å². The van der Waals surface area contributed by atoms with E-state index in [1.165, 1.54) is 18.2 Å². The maximum atomic E-state index is 12.6.